The zero-order valence-corrected chi connectivity index (χ0v) is 15.1. The number of amides is 2. The van der Waals surface area contributed by atoms with Crippen LogP contribution in [0, 0.1) is 11.8 Å². The molecule has 6 nitrogen and oxygen atoms in total. The van der Waals surface area contributed by atoms with Crippen molar-refractivity contribution in [2.75, 3.05) is 26.2 Å². The van der Waals surface area contributed by atoms with Crippen LogP contribution in [0.4, 0.5) is 9.59 Å². The minimum atomic E-state index is -0.460. The molecular formula is C19H26N2O4. The zero-order valence-electron chi connectivity index (χ0n) is 15.1. The van der Waals surface area contributed by atoms with Gasteiger partial charge in [-0.3, -0.25) is 0 Å². The van der Waals surface area contributed by atoms with Gasteiger partial charge in [-0.1, -0.05) is 30.3 Å². The van der Waals surface area contributed by atoms with E-state index in [1.54, 1.807) is 9.80 Å². The van der Waals surface area contributed by atoms with E-state index in [-0.39, 0.29) is 12.2 Å². The van der Waals surface area contributed by atoms with Gasteiger partial charge in [-0.15, -0.1) is 0 Å². The van der Waals surface area contributed by atoms with Gasteiger partial charge in [-0.25, -0.2) is 9.59 Å². The van der Waals surface area contributed by atoms with Crippen LogP contribution in [-0.4, -0.2) is 53.8 Å². The van der Waals surface area contributed by atoms with Gasteiger partial charge in [-0.05, 0) is 26.3 Å². The predicted octanol–water partition coefficient (Wildman–Crippen LogP) is 3.12. The number of nitrogens with zero attached hydrogens (tertiary/aromatic N) is 2. The Morgan fingerprint density at radius 1 is 0.960 bits per heavy atom. The highest BCUT2D eigenvalue weighted by molar-refractivity contribution is 5.70. The van der Waals surface area contributed by atoms with E-state index in [0.29, 0.717) is 44.6 Å². The van der Waals surface area contributed by atoms with Crippen molar-refractivity contribution in [2.45, 2.75) is 33.0 Å². The minimum absolute atomic E-state index is 0.248. The van der Waals surface area contributed by atoms with Crippen LogP contribution in [0.15, 0.2) is 30.3 Å². The van der Waals surface area contributed by atoms with Gasteiger partial charge in [0.25, 0.3) is 0 Å². The van der Waals surface area contributed by atoms with Crippen molar-refractivity contribution < 1.29 is 19.1 Å². The smallest absolute Gasteiger partial charge is 0.410 e. The van der Waals surface area contributed by atoms with Gasteiger partial charge in [0, 0.05) is 38.0 Å². The molecule has 3 rings (SSSR count). The Hall–Kier alpha value is -2.24. The molecule has 2 aliphatic heterocycles. The molecule has 2 fully saturated rings. The van der Waals surface area contributed by atoms with Crippen LogP contribution in [0.2, 0.25) is 0 Å². The lowest BCUT2D eigenvalue weighted by Gasteiger charge is -2.49. The summed E-state index contributed by atoms with van der Waals surface area (Å²) in [5.41, 5.74) is 0.526. The molecule has 2 aliphatic rings. The molecule has 0 N–H and O–H groups in total. The highest BCUT2D eigenvalue weighted by atomic mass is 16.6. The second-order valence-electron chi connectivity index (χ2n) is 7.85. The summed E-state index contributed by atoms with van der Waals surface area (Å²) in [6, 6.07) is 9.66. The Morgan fingerprint density at radius 2 is 1.48 bits per heavy atom. The Balaban J connectivity index is 1.34. The maximum absolute atomic E-state index is 12.0. The summed E-state index contributed by atoms with van der Waals surface area (Å²) in [5.74, 6) is 0.897. The molecule has 0 unspecified atom stereocenters. The van der Waals surface area contributed by atoms with Gasteiger partial charge in [0.1, 0.15) is 12.2 Å². The lowest BCUT2D eigenvalue weighted by molar-refractivity contribution is -0.0384. The summed E-state index contributed by atoms with van der Waals surface area (Å²) in [7, 11) is 0. The molecule has 1 aromatic carbocycles. The molecule has 2 heterocycles. The molecule has 0 spiro atoms. The monoisotopic (exact) mass is 346 g/mol. The maximum atomic E-state index is 12.0. The summed E-state index contributed by atoms with van der Waals surface area (Å²) in [6.45, 7) is 8.75. The second-order valence-corrected chi connectivity index (χ2v) is 7.85. The third kappa shape index (κ3) is 4.44. The van der Waals surface area contributed by atoms with Crippen molar-refractivity contribution in [3.05, 3.63) is 35.9 Å². The fraction of sp³-hybridized carbons (Fsp3) is 0.579. The number of carbonyl (C=O) groups excluding carboxylic acids is 2. The molecule has 0 aromatic heterocycles. The van der Waals surface area contributed by atoms with Gasteiger partial charge in [-0.2, -0.15) is 0 Å². The topological polar surface area (TPSA) is 59.1 Å². The van der Waals surface area contributed by atoms with Gasteiger partial charge in [0.2, 0.25) is 0 Å². The first-order valence-corrected chi connectivity index (χ1v) is 8.75. The van der Waals surface area contributed by atoms with Crippen LogP contribution >= 0.6 is 0 Å². The molecule has 0 atom stereocenters. The molecule has 0 radical (unpaired) electrons. The number of carbonyl (C=O) groups is 2. The molecule has 136 valence electrons. The van der Waals surface area contributed by atoms with E-state index in [1.165, 1.54) is 0 Å². The average molecular weight is 346 g/mol. The van der Waals surface area contributed by atoms with Crippen molar-refractivity contribution >= 4 is 12.2 Å². The summed E-state index contributed by atoms with van der Waals surface area (Å²) in [6.07, 6.45) is -0.509. The summed E-state index contributed by atoms with van der Waals surface area (Å²) < 4.78 is 10.7. The number of likely N-dealkylation sites (tertiary alicyclic amines) is 2. The molecular weight excluding hydrogens is 320 g/mol. The van der Waals surface area contributed by atoms with Crippen LogP contribution in [-0.2, 0) is 16.1 Å². The van der Waals surface area contributed by atoms with Crippen molar-refractivity contribution in [2.24, 2.45) is 11.8 Å². The average Bonchev–Trinajstić information content (AvgIpc) is 2.44. The molecule has 0 aliphatic carbocycles. The third-order valence-electron chi connectivity index (χ3n) is 4.60. The number of hydrogen-bond acceptors (Lipinski definition) is 4. The molecule has 25 heavy (non-hydrogen) atoms. The molecule has 0 saturated carbocycles. The highest BCUT2D eigenvalue weighted by Gasteiger charge is 2.44. The van der Waals surface area contributed by atoms with Crippen LogP contribution < -0.4 is 0 Å². The minimum Gasteiger partial charge on any atom is -0.445 e. The van der Waals surface area contributed by atoms with E-state index in [1.807, 2.05) is 51.1 Å². The van der Waals surface area contributed by atoms with E-state index in [0.717, 1.165) is 5.56 Å². The molecule has 0 bridgehead atoms. The van der Waals surface area contributed by atoms with E-state index < -0.39 is 5.60 Å². The number of rotatable bonds is 3. The number of benzene rings is 1. The fourth-order valence-corrected chi connectivity index (χ4v) is 3.06. The molecule has 2 amide bonds. The zero-order chi connectivity index (χ0) is 18.0. The van der Waals surface area contributed by atoms with Crippen molar-refractivity contribution in [3.63, 3.8) is 0 Å². The van der Waals surface area contributed by atoms with Crippen LogP contribution in [0.25, 0.3) is 0 Å². The predicted molar refractivity (Wildman–Crippen MR) is 93.0 cm³/mol. The number of ether oxygens (including phenoxy) is 2. The van der Waals surface area contributed by atoms with Gasteiger partial charge in [0.15, 0.2) is 0 Å². The summed E-state index contributed by atoms with van der Waals surface area (Å²) in [4.78, 5) is 27.4. The van der Waals surface area contributed by atoms with Gasteiger partial charge >= 0.3 is 12.2 Å². The van der Waals surface area contributed by atoms with Crippen molar-refractivity contribution in [3.8, 4) is 0 Å². The third-order valence-corrected chi connectivity index (χ3v) is 4.60. The molecule has 6 heteroatoms. The van der Waals surface area contributed by atoms with Crippen LogP contribution in [0.1, 0.15) is 26.3 Å². The SMILES string of the molecule is CC(C)(C)OC(=O)N1CC(C2CN(C(=O)OCc3ccccc3)C2)C1. The first-order valence-electron chi connectivity index (χ1n) is 8.75. The van der Waals surface area contributed by atoms with E-state index in [9.17, 15) is 9.59 Å². The van der Waals surface area contributed by atoms with Gasteiger partial charge in [0.05, 0.1) is 0 Å². The quantitative estimate of drug-likeness (QED) is 0.844. The fourth-order valence-electron chi connectivity index (χ4n) is 3.06. The lowest BCUT2D eigenvalue weighted by atomic mass is 9.81. The van der Waals surface area contributed by atoms with E-state index in [4.69, 9.17) is 9.47 Å². The first-order chi connectivity index (χ1) is 11.8. The largest absolute Gasteiger partial charge is 0.445 e. The van der Waals surface area contributed by atoms with Crippen molar-refractivity contribution in [1.29, 1.82) is 0 Å². The van der Waals surface area contributed by atoms with Gasteiger partial charge < -0.3 is 19.3 Å². The Labute approximate surface area is 148 Å². The van der Waals surface area contributed by atoms with E-state index in [2.05, 4.69) is 0 Å². The summed E-state index contributed by atoms with van der Waals surface area (Å²) >= 11 is 0. The Kier molecular flexibility index (Phi) is 4.88. The normalized spacial score (nSPS) is 18.4. The molecule has 1 aromatic rings. The van der Waals surface area contributed by atoms with E-state index >= 15 is 0 Å². The molecule has 2 saturated heterocycles. The standard InChI is InChI=1S/C19H26N2O4/c1-19(2,3)25-18(23)21-11-16(12-21)15-9-20(10-15)17(22)24-13-14-7-5-4-6-8-14/h4-8,15-16H,9-13H2,1-3H3. The van der Waals surface area contributed by atoms with Crippen molar-refractivity contribution in [1.82, 2.24) is 9.80 Å². The summed E-state index contributed by atoms with van der Waals surface area (Å²) in [5, 5.41) is 0. The number of hydrogen-bond donors (Lipinski definition) is 0. The maximum Gasteiger partial charge on any atom is 0.410 e. The lowest BCUT2D eigenvalue weighted by Crippen LogP contribution is -2.62. The second kappa shape index (κ2) is 6.94. The Morgan fingerprint density at radius 3 is 2.00 bits per heavy atom. The first kappa shape index (κ1) is 17.6. The van der Waals surface area contributed by atoms with Crippen LogP contribution in [0.3, 0.4) is 0 Å². The Bertz CT molecular complexity index is 614. The van der Waals surface area contributed by atoms with Crippen LogP contribution in [0.5, 0.6) is 0 Å². The highest BCUT2D eigenvalue weighted by Crippen LogP contribution is 2.32.